The van der Waals surface area contributed by atoms with Gasteiger partial charge < -0.3 is 14.4 Å². The Morgan fingerprint density at radius 2 is 1.95 bits per heavy atom. The van der Waals surface area contributed by atoms with Gasteiger partial charge in [0.25, 0.3) is 5.69 Å². The number of ether oxygens (including phenoxy) is 2. The fourth-order valence-electron chi connectivity index (χ4n) is 2.33. The normalized spacial score (nSPS) is 21.4. The van der Waals surface area contributed by atoms with Gasteiger partial charge in [-0.1, -0.05) is 0 Å². The molecule has 0 saturated heterocycles. The Hall–Kier alpha value is -1.82. The Morgan fingerprint density at radius 1 is 1.30 bits per heavy atom. The van der Waals surface area contributed by atoms with Crippen molar-refractivity contribution in [1.29, 1.82) is 0 Å². The summed E-state index contributed by atoms with van der Waals surface area (Å²) in [5.74, 6) is 0.994. The quantitative estimate of drug-likeness (QED) is 0.612. The highest BCUT2D eigenvalue weighted by Gasteiger charge is 2.33. The van der Waals surface area contributed by atoms with Gasteiger partial charge in [0, 0.05) is 11.6 Å². The van der Waals surface area contributed by atoms with Gasteiger partial charge in [-0.25, -0.2) is 0 Å². The SMILES string of the molecule is COc1cc([N+](=O)[O-])c(C)cc1OC1CC(N(C)C)C1. The Labute approximate surface area is 118 Å². The van der Waals surface area contributed by atoms with Gasteiger partial charge in [-0.05, 0) is 39.9 Å². The fraction of sp³-hybridized carbons (Fsp3) is 0.571. The molecule has 0 aliphatic heterocycles. The van der Waals surface area contributed by atoms with Crippen LogP contribution in [0.15, 0.2) is 12.1 Å². The smallest absolute Gasteiger partial charge is 0.276 e. The number of aryl methyl sites for hydroxylation is 1. The molecule has 6 heteroatoms. The number of benzene rings is 1. The Kier molecular flexibility index (Phi) is 4.13. The van der Waals surface area contributed by atoms with E-state index in [2.05, 4.69) is 19.0 Å². The molecule has 0 atom stereocenters. The summed E-state index contributed by atoms with van der Waals surface area (Å²) in [6, 6.07) is 3.65. The molecule has 0 unspecified atom stereocenters. The summed E-state index contributed by atoms with van der Waals surface area (Å²) in [4.78, 5) is 12.7. The zero-order valence-electron chi connectivity index (χ0n) is 12.3. The largest absolute Gasteiger partial charge is 0.493 e. The molecule has 1 aliphatic rings. The van der Waals surface area contributed by atoms with Gasteiger partial charge >= 0.3 is 0 Å². The average Bonchev–Trinajstić information content (AvgIpc) is 2.32. The van der Waals surface area contributed by atoms with Crippen molar-refractivity contribution in [2.75, 3.05) is 21.2 Å². The van der Waals surface area contributed by atoms with E-state index in [4.69, 9.17) is 9.47 Å². The molecule has 1 aromatic rings. The second kappa shape index (κ2) is 5.66. The Morgan fingerprint density at radius 3 is 2.45 bits per heavy atom. The number of methoxy groups -OCH3 is 1. The lowest BCUT2D eigenvalue weighted by molar-refractivity contribution is -0.385. The van der Waals surface area contributed by atoms with Crippen LogP contribution in [0.5, 0.6) is 11.5 Å². The van der Waals surface area contributed by atoms with Gasteiger partial charge in [-0.3, -0.25) is 10.1 Å². The first-order chi connectivity index (χ1) is 9.42. The zero-order chi connectivity index (χ0) is 14.9. The second-order valence-corrected chi connectivity index (χ2v) is 5.38. The molecule has 0 aromatic heterocycles. The zero-order valence-corrected chi connectivity index (χ0v) is 12.3. The topological polar surface area (TPSA) is 64.8 Å². The lowest BCUT2D eigenvalue weighted by Crippen LogP contribution is -2.46. The maximum absolute atomic E-state index is 10.9. The van der Waals surface area contributed by atoms with Crippen molar-refractivity contribution < 1.29 is 14.4 Å². The average molecular weight is 280 g/mol. The molecular weight excluding hydrogens is 260 g/mol. The van der Waals surface area contributed by atoms with Crippen molar-refractivity contribution in [2.24, 2.45) is 0 Å². The number of nitro benzene ring substituents is 1. The lowest BCUT2D eigenvalue weighted by atomic mass is 9.88. The van der Waals surface area contributed by atoms with Gasteiger partial charge in [0.1, 0.15) is 6.10 Å². The van der Waals surface area contributed by atoms with Gasteiger partial charge in [0.05, 0.1) is 18.1 Å². The molecule has 0 radical (unpaired) electrons. The molecule has 2 rings (SSSR count). The van der Waals surface area contributed by atoms with Crippen LogP contribution in [0.3, 0.4) is 0 Å². The summed E-state index contributed by atoms with van der Waals surface area (Å²) in [5.41, 5.74) is 0.628. The lowest BCUT2D eigenvalue weighted by Gasteiger charge is -2.39. The van der Waals surface area contributed by atoms with Crippen LogP contribution >= 0.6 is 0 Å². The third kappa shape index (κ3) is 2.85. The number of rotatable bonds is 5. The first-order valence-electron chi connectivity index (χ1n) is 6.58. The van der Waals surface area contributed by atoms with Crippen molar-refractivity contribution >= 4 is 5.69 Å². The summed E-state index contributed by atoms with van der Waals surface area (Å²) < 4.78 is 11.1. The summed E-state index contributed by atoms with van der Waals surface area (Å²) in [7, 11) is 5.60. The highest BCUT2D eigenvalue weighted by atomic mass is 16.6. The van der Waals surface area contributed by atoms with E-state index in [0.29, 0.717) is 23.1 Å². The van der Waals surface area contributed by atoms with E-state index >= 15 is 0 Å². The van der Waals surface area contributed by atoms with Crippen LogP contribution in [0.25, 0.3) is 0 Å². The summed E-state index contributed by atoms with van der Waals surface area (Å²) in [6.45, 7) is 1.70. The fourth-order valence-corrected chi connectivity index (χ4v) is 2.33. The summed E-state index contributed by atoms with van der Waals surface area (Å²) in [6.07, 6.45) is 2.08. The Balaban J connectivity index is 2.12. The van der Waals surface area contributed by atoms with Crippen molar-refractivity contribution in [3.05, 3.63) is 27.8 Å². The third-order valence-corrected chi connectivity index (χ3v) is 3.77. The second-order valence-electron chi connectivity index (χ2n) is 5.38. The minimum atomic E-state index is -0.410. The van der Waals surface area contributed by atoms with Crippen LogP contribution in [0.2, 0.25) is 0 Å². The predicted octanol–water partition coefficient (Wildman–Crippen LogP) is 2.38. The van der Waals surface area contributed by atoms with E-state index < -0.39 is 4.92 Å². The van der Waals surface area contributed by atoms with E-state index in [1.54, 1.807) is 13.0 Å². The summed E-state index contributed by atoms with van der Waals surface area (Å²) in [5, 5.41) is 10.9. The summed E-state index contributed by atoms with van der Waals surface area (Å²) >= 11 is 0. The van der Waals surface area contributed by atoms with E-state index in [0.717, 1.165) is 12.8 Å². The van der Waals surface area contributed by atoms with Gasteiger partial charge in [0.15, 0.2) is 11.5 Å². The molecule has 1 fully saturated rings. The van der Waals surface area contributed by atoms with Gasteiger partial charge in [-0.2, -0.15) is 0 Å². The van der Waals surface area contributed by atoms with Crippen LogP contribution in [-0.4, -0.2) is 43.2 Å². The van der Waals surface area contributed by atoms with Crippen LogP contribution in [0, 0.1) is 17.0 Å². The molecule has 20 heavy (non-hydrogen) atoms. The van der Waals surface area contributed by atoms with Crippen molar-refractivity contribution in [3.8, 4) is 11.5 Å². The molecular formula is C14H20N2O4. The van der Waals surface area contributed by atoms with Crippen molar-refractivity contribution in [2.45, 2.75) is 31.9 Å². The molecule has 110 valence electrons. The molecule has 6 nitrogen and oxygen atoms in total. The van der Waals surface area contributed by atoms with Gasteiger partial charge in [-0.15, -0.1) is 0 Å². The van der Waals surface area contributed by atoms with Crippen LogP contribution in [0.4, 0.5) is 5.69 Å². The minimum Gasteiger partial charge on any atom is -0.493 e. The molecule has 0 heterocycles. The van der Waals surface area contributed by atoms with E-state index in [1.807, 2.05) is 0 Å². The monoisotopic (exact) mass is 280 g/mol. The molecule has 1 aromatic carbocycles. The first-order valence-corrected chi connectivity index (χ1v) is 6.58. The molecule has 0 spiro atoms. The molecule has 1 aliphatic carbocycles. The van der Waals surface area contributed by atoms with Crippen LogP contribution < -0.4 is 9.47 Å². The first kappa shape index (κ1) is 14.6. The van der Waals surface area contributed by atoms with E-state index in [-0.39, 0.29) is 11.8 Å². The predicted molar refractivity (Wildman–Crippen MR) is 75.5 cm³/mol. The minimum absolute atomic E-state index is 0.0500. The highest BCUT2D eigenvalue weighted by molar-refractivity contribution is 5.53. The van der Waals surface area contributed by atoms with Crippen molar-refractivity contribution in [1.82, 2.24) is 4.90 Å². The van der Waals surface area contributed by atoms with E-state index in [1.165, 1.54) is 13.2 Å². The number of hydrogen-bond donors (Lipinski definition) is 0. The molecule has 0 bridgehead atoms. The molecule has 0 amide bonds. The third-order valence-electron chi connectivity index (χ3n) is 3.77. The standard InChI is InChI=1S/C14H20N2O4/c1-9-5-14(13(19-4)8-12(9)16(17)18)20-11-6-10(7-11)15(2)3/h5,8,10-11H,6-7H2,1-4H3. The van der Waals surface area contributed by atoms with Crippen LogP contribution in [-0.2, 0) is 0 Å². The van der Waals surface area contributed by atoms with Crippen LogP contribution in [0.1, 0.15) is 18.4 Å². The molecule has 0 N–H and O–H groups in total. The number of nitro groups is 1. The van der Waals surface area contributed by atoms with Gasteiger partial charge in [0.2, 0.25) is 0 Å². The Bertz CT molecular complexity index is 510. The maximum atomic E-state index is 10.9. The van der Waals surface area contributed by atoms with Crippen molar-refractivity contribution in [3.63, 3.8) is 0 Å². The number of nitrogens with zero attached hydrogens (tertiary/aromatic N) is 2. The molecule has 1 saturated carbocycles. The maximum Gasteiger partial charge on any atom is 0.276 e. The highest BCUT2D eigenvalue weighted by Crippen LogP contribution is 2.37. The number of hydrogen-bond acceptors (Lipinski definition) is 5. The van der Waals surface area contributed by atoms with E-state index in [9.17, 15) is 10.1 Å².